The van der Waals surface area contributed by atoms with Crippen molar-refractivity contribution >= 4 is 11.8 Å². The first-order valence-corrected chi connectivity index (χ1v) is 4.88. The summed E-state index contributed by atoms with van der Waals surface area (Å²) < 4.78 is 67.2. The Balaban J connectivity index is 3.35. The zero-order chi connectivity index (χ0) is 14.8. The van der Waals surface area contributed by atoms with Crippen LogP contribution >= 0.6 is 0 Å². The van der Waals surface area contributed by atoms with Gasteiger partial charge in [-0.05, 0) is 11.6 Å². The minimum Gasteiger partial charge on any atom is -0.469 e. The molecule has 9 heteroatoms. The van der Waals surface area contributed by atoms with E-state index in [0.717, 1.165) is 7.11 Å². The molecule has 0 spiro atoms. The molecule has 19 heavy (non-hydrogen) atoms. The van der Waals surface area contributed by atoms with Gasteiger partial charge in [0.25, 0.3) is 6.43 Å². The average Bonchev–Trinajstić information content (AvgIpc) is 2.28. The standard InChI is InChI=1S/C10H9F5N2O2/c1-19-6(18)3-4-2-5(10(13,14)15)9(16)17-7(4)8(11)12/h2,8H,3H2,1H3,(H2,16,17). The van der Waals surface area contributed by atoms with Crippen molar-refractivity contribution in [1.29, 1.82) is 0 Å². The van der Waals surface area contributed by atoms with E-state index in [1.807, 2.05) is 0 Å². The molecule has 4 nitrogen and oxygen atoms in total. The van der Waals surface area contributed by atoms with Gasteiger partial charge >= 0.3 is 12.1 Å². The van der Waals surface area contributed by atoms with E-state index < -0.39 is 47.6 Å². The number of carbonyl (C=O) groups is 1. The molecule has 0 saturated heterocycles. The molecular formula is C10H9F5N2O2. The normalized spacial score (nSPS) is 11.7. The first kappa shape index (κ1) is 15.1. The SMILES string of the molecule is COC(=O)Cc1cc(C(F)(F)F)c(N)nc1C(F)F. The Labute approximate surface area is 104 Å². The van der Waals surface area contributed by atoms with Crippen LogP contribution in [0.4, 0.5) is 27.8 Å². The van der Waals surface area contributed by atoms with Gasteiger partial charge < -0.3 is 10.5 Å². The summed E-state index contributed by atoms with van der Waals surface area (Å²) in [6.07, 6.45) is -8.74. The van der Waals surface area contributed by atoms with Crippen molar-refractivity contribution < 1.29 is 31.5 Å². The van der Waals surface area contributed by atoms with Crippen LogP contribution in [0.1, 0.15) is 23.2 Å². The molecule has 0 aromatic carbocycles. The number of nitrogens with two attached hydrogens (primary N) is 1. The van der Waals surface area contributed by atoms with Crippen molar-refractivity contribution in [2.24, 2.45) is 0 Å². The lowest BCUT2D eigenvalue weighted by Gasteiger charge is -2.14. The van der Waals surface area contributed by atoms with Crippen LogP contribution in [0.25, 0.3) is 0 Å². The number of pyridine rings is 1. The molecule has 0 aliphatic heterocycles. The predicted octanol–water partition coefficient (Wildman–Crippen LogP) is 2.34. The number of aromatic nitrogens is 1. The number of ether oxygens (including phenoxy) is 1. The van der Waals surface area contributed by atoms with Gasteiger partial charge in [-0.25, -0.2) is 13.8 Å². The van der Waals surface area contributed by atoms with Crippen LogP contribution in [0, 0.1) is 0 Å². The summed E-state index contributed by atoms with van der Waals surface area (Å²) in [7, 11) is 0.986. The molecule has 0 aliphatic carbocycles. The largest absolute Gasteiger partial charge is 0.469 e. The van der Waals surface area contributed by atoms with Gasteiger partial charge in [0.2, 0.25) is 0 Å². The molecule has 0 radical (unpaired) electrons. The molecule has 1 aromatic heterocycles. The Hall–Kier alpha value is -1.93. The number of alkyl halides is 5. The number of methoxy groups -OCH3 is 1. The van der Waals surface area contributed by atoms with Crippen molar-refractivity contribution in [3.05, 3.63) is 22.9 Å². The van der Waals surface area contributed by atoms with Crippen LogP contribution in [0.15, 0.2) is 6.07 Å². The molecule has 0 saturated carbocycles. The monoisotopic (exact) mass is 284 g/mol. The van der Waals surface area contributed by atoms with Crippen LogP contribution < -0.4 is 5.73 Å². The number of halogens is 5. The van der Waals surface area contributed by atoms with Crippen LogP contribution in [-0.2, 0) is 22.1 Å². The lowest BCUT2D eigenvalue weighted by Crippen LogP contribution is -2.16. The molecule has 1 aromatic rings. The number of hydrogen-bond acceptors (Lipinski definition) is 4. The van der Waals surface area contributed by atoms with E-state index in [2.05, 4.69) is 9.72 Å². The molecule has 0 amide bonds. The van der Waals surface area contributed by atoms with E-state index in [1.165, 1.54) is 0 Å². The maximum Gasteiger partial charge on any atom is 0.419 e. The Morgan fingerprint density at radius 3 is 2.47 bits per heavy atom. The first-order valence-electron chi connectivity index (χ1n) is 4.88. The molecule has 0 atom stereocenters. The van der Waals surface area contributed by atoms with Gasteiger partial charge in [0.1, 0.15) is 11.5 Å². The quantitative estimate of drug-likeness (QED) is 0.683. The summed E-state index contributed by atoms with van der Waals surface area (Å²) in [6.45, 7) is 0. The Morgan fingerprint density at radius 1 is 1.47 bits per heavy atom. The van der Waals surface area contributed by atoms with E-state index in [9.17, 15) is 26.7 Å². The maximum atomic E-state index is 12.6. The second-order valence-corrected chi connectivity index (χ2v) is 3.52. The predicted molar refractivity (Wildman–Crippen MR) is 54.3 cm³/mol. The molecule has 0 fully saturated rings. The molecule has 0 unspecified atom stereocenters. The van der Waals surface area contributed by atoms with Crippen LogP contribution in [-0.4, -0.2) is 18.1 Å². The zero-order valence-electron chi connectivity index (χ0n) is 9.59. The summed E-state index contributed by atoms with van der Waals surface area (Å²) in [4.78, 5) is 14.0. The fourth-order valence-electron chi connectivity index (χ4n) is 1.37. The third-order valence-electron chi connectivity index (χ3n) is 2.24. The van der Waals surface area contributed by atoms with E-state index >= 15 is 0 Å². The van der Waals surface area contributed by atoms with Crippen LogP contribution in [0.3, 0.4) is 0 Å². The summed E-state index contributed by atoms with van der Waals surface area (Å²) in [6, 6.07) is 0.390. The topological polar surface area (TPSA) is 65.2 Å². The average molecular weight is 284 g/mol. The maximum absolute atomic E-state index is 12.6. The van der Waals surface area contributed by atoms with E-state index in [0.29, 0.717) is 6.07 Å². The van der Waals surface area contributed by atoms with Crippen molar-refractivity contribution in [2.75, 3.05) is 12.8 Å². The highest BCUT2D eigenvalue weighted by Crippen LogP contribution is 2.35. The summed E-state index contributed by atoms with van der Waals surface area (Å²) in [5.41, 5.74) is 2.10. The second-order valence-electron chi connectivity index (χ2n) is 3.52. The van der Waals surface area contributed by atoms with Crippen molar-refractivity contribution in [1.82, 2.24) is 4.98 Å². The fourth-order valence-corrected chi connectivity index (χ4v) is 1.37. The number of nitrogens with zero attached hydrogens (tertiary/aromatic N) is 1. The number of rotatable bonds is 3. The second kappa shape index (κ2) is 5.37. The summed E-state index contributed by atoms with van der Waals surface area (Å²) in [5.74, 6) is -2.02. The Morgan fingerprint density at radius 2 is 2.05 bits per heavy atom. The number of anilines is 1. The minimum atomic E-state index is -4.84. The highest BCUT2D eigenvalue weighted by Gasteiger charge is 2.35. The lowest BCUT2D eigenvalue weighted by atomic mass is 10.1. The highest BCUT2D eigenvalue weighted by molar-refractivity contribution is 5.73. The van der Waals surface area contributed by atoms with Gasteiger partial charge in [-0.15, -0.1) is 0 Å². The first-order chi connectivity index (χ1) is 8.66. The van der Waals surface area contributed by atoms with Crippen LogP contribution in [0.5, 0.6) is 0 Å². The zero-order valence-corrected chi connectivity index (χ0v) is 9.59. The van der Waals surface area contributed by atoms with Gasteiger partial charge in [-0.1, -0.05) is 0 Å². The Bertz CT molecular complexity index is 488. The van der Waals surface area contributed by atoms with Crippen molar-refractivity contribution in [3.63, 3.8) is 0 Å². The van der Waals surface area contributed by atoms with E-state index in [1.54, 1.807) is 0 Å². The number of hydrogen-bond donors (Lipinski definition) is 1. The fraction of sp³-hybridized carbons (Fsp3) is 0.400. The number of nitrogen functional groups attached to an aromatic ring is 1. The smallest absolute Gasteiger partial charge is 0.419 e. The molecule has 0 aliphatic rings. The summed E-state index contributed by atoms with van der Waals surface area (Å²) in [5, 5.41) is 0. The van der Waals surface area contributed by atoms with Crippen molar-refractivity contribution in [2.45, 2.75) is 19.0 Å². The molecule has 0 bridgehead atoms. The summed E-state index contributed by atoms with van der Waals surface area (Å²) >= 11 is 0. The van der Waals surface area contributed by atoms with Crippen molar-refractivity contribution in [3.8, 4) is 0 Å². The van der Waals surface area contributed by atoms with Crippen LogP contribution in [0.2, 0.25) is 0 Å². The third-order valence-corrected chi connectivity index (χ3v) is 2.24. The molecule has 2 N–H and O–H groups in total. The molecule has 1 heterocycles. The number of esters is 1. The Kier molecular flexibility index (Phi) is 4.28. The molecule has 106 valence electrons. The van der Waals surface area contributed by atoms with Gasteiger partial charge in [-0.2, -0.15) is 13.2 Å². The van der Waals surface area contributed by atoms with Gasteiger partial charge in [0.15, 0.2) is 0 Å². The minimum absolute atomic E-state index is 0.390. The van der Waals surface area contributed by atoms with E-state index in [-0.39, 0.29) is 0 Å². The molecule has 1 rings (SSSR count). The third kappa shape index (κ3) is 3.52. The molecular weight excluding hydrogens is 275 g/mol. The highest BCUT2D eigenvalue weighted by atomic mass is 19.4. The van der Waals surface area contributed by atoms with Gasteiger partial charge in [0.05, 0.1) is 19.1 Å². The number of carbonyl (C=O) groups excluding carboxylic acids is 1. The van der Waals surface area contributed by atoms with Gasteiger partial charge in [0, 0.05) is 0 Å². The van der Waals surface area contributed by atoms with E-state index in [4.69, 9.17) is 5.73 Å². The lowest BCUT2D eigenvalue weighted by molar-refractivity contribution is -0.140. The van der Waals surface area contributed by atoms with Gasteiger partial charge in [-0.3, -0.25) is 4.79 Å².